The second-order valence-electron chi connectivity index (χ2n) is 6.93. The fraction of sp³-hybridized carbons (Fsp3) is 0.765. The van der Waals surface area contributed by atoms with Crippen molar-refractivity contribution >= 4 is 0 Å². The lowest BCUT2D eigenvalue weighted by Crippen LogP contribution is -2.35. The second kappa shape index (κ2) is 6.66. The van der Waals surface area contributed by atoms with Crippen LogP contribution in [-0.4, -0.2) is 16.5 Å². The molecule has 0 spiro atoms. The quantitative estimate of drug-likeness (QED) is 0.851. The van der Waals surface area contributed by atoms with Crippen molar-refractivity contribution in [2.45, 2.75) is 65.8 Å². The van der Waals surface area contributed by atoms with Crippen molar-refractivity contribution in [1.82, 2.24) is 15.3 Å². The van der Waals surface area contributed by atoms with Crippen LogP contribution < -0.4 is 5.32 Å². The zero-order valence-electron chi connectivity index (χ0n) is 13.4. The largest absolute Gasteiger partial charge is 0.308 e. The van der Waals surface area contributed by atoms with E-state index in [1.807, 2.05) is 6.92 Å². The van der Waals surface area contributed by atoms with E-state index in [9.17, 15) is 0 Å². The van der Waals surface area contributed by atoms with E-state index in [1.165, 1.54) is 32.1 Å². The van der Waals surface area contributed by atoms with E-state index in [4.69, 9.17) is 0 Å². The van der Waals surface area contributed by atoms with Crippen LogP contribution in [0.3, 0.4) is 0 Å². The summed E-state index contributed by atoms with van der Waals surface area (Å²) in [5.41, 5.74) is 2.64. The second-order valence-corrected chi connectivity index (χ2v) is 6.93. The van der Waals surface area contributed by atoms with Crippen molar-refractivity contribution < 1.29 is 0 Å². The van der Waals surface area contributed by atoms with E-state index in [0.717, 1.165) is 23.9 Å². The first-order valence-corrected chi connectivity index (χ1v) is 8.03. The molecule has 1 aliphatic carbocycles. The van der Waals surface area contributed by atoms with Gasteiger partial charge in [-0.15, -0.1) is 0 Å². The van der Waals surface area contributed by atoms with Gasteiger partial charge in [0.1, 0.15) is 0 Å². The fourth-order valence-electron chi connectivity index (χ4n) is 3.75. The Labute approximate surface area is 123 Å². The Kier molecular flexibility index (Phi) is 5.14. The van der Waals surface area contributed by atoms with Crippen LogP contribution in [0.5, 0.6) is 0 Å². The minimum Gasteiger partial charge on any atom is -0.308 e. The Morgan fingerprint density at radius 2 is 1.80 bits per heavy atom. The first kappa shape index (κ1) is 15.4. The van der Waals surface area contributed by atoms with Gasteiger partial charge in [0.05, 0.1) is 11.4 Å². The van der Waals surface area contributed by atoms with Crippen molar-refractivity contribution in [2.24, 2.45) is 11.3 Å². The summed E-state index contributed by atoms with van der Waals surface area (Å²) < 4.78 is 0. The van der Waals surface area contributed by atoms with Crippen LogP contribution in [0.4, 0.5) is 0 Å². The van der Waals surface area contributed by atoms with Crippen LogP contribution in [0.15, 0.2) is 12.4 Å². The molecule has 3 nitrogen and oxygen atoms in total. The predicted octanol–water partition coefficient (Wildman–Crippen LogP) is 4.04. The number of nitrogens with one attached hydrogen (secondary N) is 1. The molecule has 0 saturated heterocycles. The molecule has 1 N–H and O–H groups in total. The molecule has 1 unspecified atom stereocenters. The maximum absolute atomic E-state index is 4.48. The molecule has 1 aliphatic rings. The Hall–Kier alpha value is -0.960. The number of aryl methyl sites for hydroxylation is 1. The highest BCUT2D eigenvalue weighted by atomic mass is 15.0. The molecule has 0 bridgehead atoms. The van der Waals surface area contributed by atoms with Gasteiger partial charge in [-0.1, -0.05) is 26.7 Å². The number of hydrogen-bond donors (Lipinski definition) is 1. The van der Waals surface area contributed by atoms with Gasteiger partial charge in [-0.2, -0.15) is 0 Å². The summed E-state index contributed by atoms with van der Waals surface area (Å²) in [5, 5.41) is 3.73. The first-order chi connectivity index (χ1) is 9.52. The van der Waals surface area contributed by atoms with Gasteiger partial charge >= 0.3 is 0 Å². The number of rotatable bonds is 6. The number of hydrogen-bond acceptors (Lipinski definition) is 3. The Morgan fingerprint density at radius 3 is 2.40 bits per heavy atom. The zero-order valence-corrected chi connectivity index (χ0v) is 13.4. The molecule has 1 atom stereocenters. The standard InChI is InChI=1S/C17H29N3/c1-13(2)11-17(7-5-6-8-17)12-20-15(4)16-14(3)18-9-10-19-16/h9-10,13,15,20H,5-8,11-12H2,1-4H3. The highest BCUT2D eigenvalue weighted by Gasteiger charge is 2.34. The maximum Gasteiger partial charge on any atom is 0.0782 e. The minimum absolute atomic E-state index is 0.285. The average molecular weight is 275 g/mol. The molecule has 20 heavy (non-hydrogen) atoms. The fourth-order valence-corrected chi connectivity index (χ4v) is 3.75. The maximum atomic E-state index is 4.48. The Bertz CT molecular complexity index is 422. The number of aromatic nitrogens is 2. The van der Waals surface area contributed by atoms with Gasteiger partial charge < -0.3 is 5.32 Å². The molecule has 1 aromatic heterocycles. The van der Waals surface area contributed by atoms with Crippen molar-refractivity contribution in [2.75, 3.05) is 6.54 Å². The van der Waals surface area contributed by atoms with Gasteiger partial charge in [-0.25, -0.2) is 0 Å². The van der Waals surface area contributed by atoms with E-state index in [2.05, 4.69) is 36.1 Å². The summed E-state index contributed by atoms with van der Waals surface area (Å²) in [6.07, 6.45) is 10.4. The highest BCUT2D eigenvalue weighted by Crippen LogP contribution is 2.42. The van der Waals surface area contributed by atoms with Gasteiger partial charge in [0.25, 0.3) is 0 Å². The minimum atomic E-state index is 0.285. The molecular weight excluding hydrogens is 246 g/mol. The summed E-state index contributed by atoms with van der Waals surface area (Å²) in [6.45, 7) is 10.0. The normalized spacial score (nSPS) is 19.4. The Balaban J connectivity index is 1.97. The molecule has 1 saturated carbocycles. The predicted molar refractivity (Wildman–Crippen MR) is 83.5 cm³/mol. The SMILES string of the molecule is Cc1nccnc1C(C)NCC1(CC(C)C)CCCC1. The van der Waals surface area contributed by atoms with Gasteiger partial charge in [0.15, 0.2) is 0 Å². The van der Waals surface area contributed by atoms with E-state index in [1.54, 1.807) is 12.4 Å². The molecule has 112 valence electrons. The van der Waals surface area contributed by atoms with Crippen LogP contribution in [0.2, 0.25) is 0 Å². The van der Waals surface area contributed by atoms with Gasteiger partial charge in [0.2, 0.25) is 0 Å². The van der Waals surface area contributed by atoms with E-state index in [-0.39, 0.29) is 6.04 Å². The van der Waals surface area contributed by atoms with Crippen molar-refractivity contribution in [3.05, 3.63) is 23.8 Å². The molecule has 0 aromatic carbocycles. The summed E-state index contributed by atoms with van der Waals surface area (Å²) in [6, 6.07) is 0.285. The van der Waals surface area contributed by atoms with Crippen molar-refractivity contribution in [3.63, 3.8) is 0 Å². The van der Waals surface area contributed by atoms with E-state index in [0.29, 0.717) is 5.41 Å². The molecule has 1 heterocycles. The lowest BCUT2D eigenvalue weighted by molar-refractivity contribution is 0.216. The summed E-state index contributed by atoms with van der Waals surface area (Å²) >= 11 is 0. The average Bonchev–Trinajstić information content (AvgIpc) is 2.84. The van der Waals surface area contributed by atoms with E-state index >= 15 is 0 Å². The van der Waals surface area contributed by atoms with Crippen LogP contribution in [0.1, 0.15) is 70.3 Å². The zero-order chi connectivity index (χ0) is 14.6. The smallest absolute Gasteiger partial charge is 0.0782 e. The lowest BCUT2D eigenvalue weighted by atomic mass is 9.78. The third-order valence-corrected chi connectivity index (χ3v) is 4.62. The van der Waals surface area contributed by atoms with Crippen LogP contribution in [0.25, 0.3) is 0 Å². The van der Waals surface area contributed by atoms with Crippen molar-refractivity contribution in [3.8, 4) is 0 Å². The van der Waals surface area contributed by atoms with Gasteiger partial charge in [-0.05, 0) is 44.4 Å². The summed E-state index contributed by atoms with van der Waals surface area (Å²) in [4.78, 5) is 8.83. The van der Waals surface area contributed by atoms with Crippen LogP contribution in [-0.2, 0) is 0 Å². The first-order valence-electron chi connectivity index (χ1n) is 8.03. The van der Waals surface area contributed by atoms with Crippen LogP contribution >= 0.6 is 0 Å². The Morgan fingerprint density at radius 1 is 1.15 bits per heavy atom. The van der Waals surface area contributed by atoms with Gasteiger partial charge in [-0.3, -0.25) is 9.97 Å². The van der Waals surface area contributed by atoms with Gasteiger partial charge in [0, 0.05) is 25.0 Å². The molecule has 0 radical (unpaired) electrons. The molecule has 0 amide bonds. The van der Waals surface area contributed by atoms with Crippen molar-refractivity contribution in [1.29, 1.82) is 0 Å². The number of nitrogens with zero attached hydrogens (tertiary/aromatic N) is 2. The summed E-state index contributed by atoms with van der Waals surface area (Å²) in [7, 11) is 0. The molecular formula is C17H29N3. The molecule has 1 fully saturated rings. The lowest BCUT2D eigenvalue weighted by Gasteiger charge is -2.32. The molecule has 3 heteroatoms. The molecule has 1 aromatic rings. The highest BCUT2D eigenvalue weighted by molar-refractivity contribution is 5.12. The van der Waals surface area contributed by atoms with Crippen LogP contribution in [0, 0.1) is 18.3 Å². The summed E-state index contributed by atoms with van der Waals surface area (Å²) in [5.74, 6) is 0.781. The third kappa shape index (κ3) is 3.78. The topological polar surface area (TPSA) is 37.8 Å². The van der Waals surface area contributed by atoms with E-state index < -0.39 is 0 Å². The molecule has 0 aliphatic heterocycles. The monoisotopic (exact) mass is 275 g/mol. The third-order valence-electron chi connectivity index (χ3n) is 4.62. The molecule has 2 rings (SSSR count).